The van der Waals surface area contributed by atoms with Gasteiger partial charge >= 0.3 is 0 Å². The summed E-state index contributed by atoms with van der Waals surface area (Å²) < 4.78 is 4.72. The molecule has 3 N–H and O–H groups in total. The minimum Gasteiger partial charge on any atom is -0.336 e. The fourth-order valence-corrected chi connectivity index (χ4v) is 3.63. The summed E-state index contributed by atoms with van der Waals surface area (Å²) in [5.74, 6) is 6.64. The van der Waals surface area contributed by atoms with Gasteiger partial charge in [0.2, 0.25) is 0 Å². The van der Waals surface area contributed by atoms with Crippen LogP contribution in [0.1, 0.15) is 38.2 Å². The number of nitrogen functional groups attached to an aromatic ring is 1. The van der Waals surface area contributed by atoms with E-state index in [2.05, 4.69) is 23.8 Å². The number of pyridine rings is 1. The van der Waals surface area contributed by atoms with Crippen LogP contribution in [0.3, 0.4) is 0 Å². The van der Waals surface area contributed by atoms with E-state index in [1.54, 1.807) is 18.1 Å². The number of hydrogen-bond acceptors (Lipinski definition) is 4. The van der Waals surface area contributed by atoms with Gasteiger partial charge in [-0.25, -0.2) is 4.68 Å². The van der Waals surface area contributed by atoms with E-state index in [-0.39, 0.29) is 11.1 Å². The van der Waals surface area contributed by atoms with Crippen molar-refractivity contribution in [1.29, 1.82) is 0 Å². The first kappa shape index (κ1) is 14.2. The van der Waals surface area contributed by atoms with Crippen LogP contribution in [0.5, 0.6) is 0 Å². The van der Waals surface area contributed by atoms with Gasteiger partial charge in [-0.3, -0.25) is 9.52 Å². The average Bonchev–Trinajstić information content (AvgIpc) is 3.42. The third kappa shape index (κ3) is 2.75. The summed E-state index contributed by atoms with van der Waals surface area (Å²) in [6.45, 7) is 2.22. The molecule has 4 nitrogen and oxygen atoms in total. The molecule has 2 aliphatic rings. The van der Waals surface area contributed by atoms with Crippen LogP contribution in [0.15, 0.2) is 34.1 Å². The van der Waals surface area contributed by atoms with E-state index < -0.39 is 0 Å². The highest BCUT2D eigenvalue weighted by Gasteiger charge is 2.37. The first-order valence-electron chi connectivity index (χ1n) is 7.91. The molecule has 2 saturated carbocycles. The van der Waals surface area contributed by atoms with Crippen molar-refractivity contribution < 1.29 is 0 Å². The Balaban J connectivity index is 1.70. The minimum atomic E-state index is -0.116. The monoisotopic (exact) mass is 315 g/mol. The van der Waals surface area contributed by atoms with E-state index in [1.165, 1.54) is 35.9 Å². The van der Waals surface area contributed by atoms with Crippen molar-refractivity contribution >= 4 is 22.7 Å². The number of nitrogens with two attached hydrogens (primary N) is 1. The molecule has 2 fully saturated rings. The summed E-state index contributed by atoms with van der Waals surface area (Å²) in [5.41, 5.74) is 1.34. The molecule has 0 spiro atoms. The molecule has 116 valence electrons. The maximum atomic E-state index is 12.4. The SMILES string of the molecule is CC1(NSc2ccc3c(CC4CC4)cn(N)c(=O)c3c2)CC1. The summed E-state index contributed by atoms with van der Waals surface area (Å²) in [6, 6.07) is 6.15. The minimum absolute atomic E-state index is 0.116. The van der Waals surface area contributed by atoms with Crippen LogP contribution in [0.2, 0.25) is 0 Å². The Morgan fingerprint density at radius 3 is 2.82 bits per heavy atom. The summed E-state index contributed by atoms with van der Waals surface area (Å²) in [4.78, 5) is 13.4. The van der Waals surface area contributed by atoms with Crippen molar-refractivity contribution in [2.24, 2.45) is 5.92 Å². The van der Waals surface area contributed by atoms with Gasteiger partial charge in [0.25, 0.3) is 5.56 Å². The van der Waals surface area contributed by atoms with Crippen molar-refractivity contribution in [3.63, 3.8) is 0 Å². The van der Waals surface area contributed by atoms with Gasteiger partial charge in [0.15, 0.2) is 0 Å². The van der Waals surface area contributed by atoms with Crippen molar-refractivity contribution in [2.45, 2.75) is 49.5 Å². The van der Waals surface area contributed by atoms with Gasteiger partial charge in [-0.05, 0) is 80.0 Å². The summed E-state index contributed by atoms with van der Waals surface area (Å²) in [6.07, 6.45) is 7.85. The predicted molar refractivity (Wildman–Crippen MR) is 91.4 cm³/mol. The Hall–Kier alpha value is -1.46. The Labute approximate surface area is 134 Å². The first-order chi connectivity index (χ1) is 10.5. The van der Waals surface area contributed by atoms with Crippen LogP contribution in [-0.4, -0.2) is 10.2 Å². The zero-order valence-corrected chi connectivity index (χ0v) is 13.6. The second-order valence-corrected chi connectivity index (χ2v) is 7.87. The lowest BCUT2D eigenvalue weighted by Gasteiger charge is -2.12. The van der Waals surface area contributed by atoms with Gasteiger partial charge in [-0.1, -0.05) is 6.07 Å². The Morgan fingerprint density at radius 2 is 2.14 bits per heavy atom. The zero-order valence-electron chi connectivity index (χ0n) is 12.8. The zero-order chi connectivity index (χ0) is 15.3. The van der Waals surface area contributed by atoms with Gasteiger partial charge in [0.1, 0.15) is 0 Å². The molecule has 0 bridgehead atoms. The lowest BCUT2D eigenvalue weighted by Crippen LogP contribution is -2.27. The van der Waals surface area contributed by atoms with Crippen molar-refractivity contribution in [3.05, 3.63) is 40.3 Å². The molecule has 0 atom stereocenters. The lowest BCUT2D eigenvalue weighted by molar-refractivity contribution is 0.701. The quantitative estimate of drug-likeness (QED) is 0.658. The second kappa shape index (κ2) is 5.03. The van der Waals surface area contributed by atoms with Crippen molar-refractivity contribution in [2.75, 3.05) is 5.84 Å². The van der Waals surface area contributed by atoms with E-state index in [4.69, 9.17) is 5.84 Å². The molecule has 0 radical (unpaired) electrons. The summed E-state index contributed by atoms with van der Waals surface area (Å²) in [5, 5.41) is 1.79. The van der Waals surface area contributed by atoms with Gasteiger partial charge < -0.3 is 5.84 Å². The van der Waals surface area contributed by atoms with E-state index in [1.807, 2.05) is 6.07 Å². The largest absolute Gasteiger partial charge is 0.336 e. The molecule has 1 aromatic heterocycles. The van der Waals surface area contributed by atoms with Crippen LogP contribution >= 0.6 is 11.9 Å². The number of aromatic nitrogens is 1. The molecule has 22 heavy (non-hydrogen) atoms. The number of nitrogens with zero attached hydrogens (tertiary/aromatic N) is 1. The second-order valence-electron chi connectivity index (χ2n) is 6.99. The smallest absolute Gasteiger partial charge is 0.276 e. The highest BCUT2D eigenvalue weighted by Crippen LogP contribution is 2.38. The van der Waals surface area contributed by atoms with Crippen LogP contribution in [0.25, 0.3) is 10.8 Å². The molecule has 1 aromatic carbocycles. The number of benzene rings is 1. The highest BCUT2D eigenvalue weighted by atomic mass is 32.2. The van der Waals surface area contributed by atoms with E-state index in [9.17, 15) is 4.79 Å². The normalized spacial score (nSPS) is 19.5. The van der Waals surface area contributed by atoms with Crippen LogP contribution < -0.4 is 16.1 Å². The van der Waals surface area contributed by atoms with Gasteiger partial charge in [-0.15, -0.1) is 0 Å². The molecular formula is C17H21N3OS. The molecule has 0 amide bonds. The molecule has 5 heteroatoms. The van der Waals surface area contributed by atoms with Crippen LogP contribution in [0, 0.1) is 5.92 Å². The third-order valence-electron chi connectivity index (χ3n) is 4.72. The highest BCUT2D eigenvalue weighted by molar-refractivity contribution is 7.97. The molecule has 1 heterocycles. The molecular weight excluding hydrogens is 294 g/mol. The van der Waals surface area contributed by atoms with Gasteiger partial charge in [-0.2, -0.15) is 0 Å². The van der Waals surface area contributed by atoms with E-state index in [0.717, 1.165) is 28.0 Å². The predicted octanol–water partition coefficient (Wildman–Crippen LogP) is 2.82. The lowest BCUT2D eigenvalue weighted by atomic mass is 10.0. The van der Waals surface area contributed by atoms with Crippen LogP contribution in [0.4, 0.5) is 0 Å². The average molecular weight is 315 g/mol. The van der Waals surface area contributed by atoms with E-state index in [0.29, 0.717) is 0 Å². The molecule has 2 aromatic rings. The number of fused-ring (bicyclic) bond motifs is 1. The number of hydrogen-bond donors (Lipinski definition) is 2. The topological polar surface area (TPSA) is 60.1 Å². The third-order valence-corrected chi connectivity index (χ3v) is 5.80. The number of rotatable bonds is 5. The maximum absolute atomic E-state index is 12.4. The first-order valence-corrected chi connectivity index (χ1v) is 8.73. The molecule has 0 unspecified atom stereocenters. The molecule has 4 rings (SSSR count). The Kier molecular flexibility index (Phi) is 3.24. The Morgan fingerprint density at radius 1 is 1.36 bits per heavy atom. The van der Waals surface area contributed by atoms with Crippen molar-refractivity contribution in [1.82, 2.24) is 9.40 Å². The summed E-state index contributed by atoms with van der Waals surface area (Å²) in [7, 11) is 0. The molecule has 0 saturated heterocycles. The Bertz CT molecular complexity index is 790. The van der Waals surface area contributed by atoms with Gasteiger partial charge in [0, 0.05) is 16.6 Å². The number of nitrogens with one attached hydrogen (secondary N) is 1. The van der Waals surface area contributed by atoms with Crippen molar-refractivity contribution in [3.8, 4) is 0 Å². The van der Waals surface area contributed by atoms with Gasteiger partial charge in [0.05, 0.1) is 5.39 Å². The molecule has 2 aliphatic carbocycles. The van der Waals surface area contributed by atoms with Crippen LogP contribution in [-0.2, 0) is 6.42 Å². The summed E-state index contributed by atoms with van der Waals surface area (Å²) >= 11 is 1.61. The molecule has 0 aliphatic heterocycles. The standard InChI is InChI=1S/C17H21N3OS/c1-17(6-7-17)19-22-13-4-5-14-12(8-11-2-3-11)10-20(18)16(21)15(14)9-13/h4-5,9-11,19H,2-3,6-8,18H2,1H3. The fraction of sp³-hybridized carbons (Fsp3) is 0.471. The van der Waals surface area contributed by atoms with E-state index >= 15 is 0 Å². The fourth-order valence-electron chi connectivity index (χ4n) is 2.75. The maximum Gasteiger partial charge on any atom is 0.276 e.